The number of nitrogens with two attached hydrogens (primary N) is 1. The largest absolute Gasteiger partial charge is 0.465 e. The molecule has 1 amide bonds. The quantitative estimate of drug-likeness (QED) is 0.680. The van der Waals surface area contributed by atoms with E-state index < -0.39 is 6.09 Å². The number of nitrogens with zero attached hydrogens (tertiary/aromatic N) is 1. The summed E-state index contributed by atoms with van der Waals surface area (Å²) >= 11 is 0. The van der Waals surface area contributed by atoms with Gasteiger partial charge in [-0.15, -0.1) is 0 Å². The fraction of sp³-hybridized carbons (Fsp3) is 0.278. The second kappa shape index (κ2) is 9.61. The third kappa shape index (κ3) is 6.06. The molecular weight excluding hydrogens is 323 g/mol. The van der Waals surface area contributed by atoms with E-state index in [0.717, 1.165) is 26.2 Å². The molecule has 7 heteroatoms. The number of piperazine rings is 1. The molecule has 1 aliphatic heterocycles. The summed E-state index contributed by atoms with van der Waals surface area (Å²) in [5.74, 6) is -0.161. The fourth-order valence-electron chi connectivity index (χ4n) is 2.69. The van der Waals surface area contributed by atoms with Crippen molar-refractivity contribution in [3.8, 4) is 0 Å². The Morgan fingerprint density at radius 2 is 1.88 bits per heavy atom. The van der Waals surface area contributed by atoms with Crippen LogP contribution in [0.4, 0.5) is 14.9 Å². The van der Waals surface area contributed by atoms with Crippen molar-refractivity contribution >= 4 is 11.8 Å². The van der Waals surface area contributed by atoms with Crippen molar-refractivity contribution in [2.75, 3.05) is 24.5 Å². The molecule has 1 atom stereocenters. The van der Waals surface area contributed by atoms with E-state index in [1.165, 1.54) is 11.6 Å². The highest BCUT2D eigenvalue weighted by molar-refractivity contribution is 5.61. The first-order chi connectivity index (χ1) is 12.1. The summed E-state index contributed by atoms with van der Waals surface area (Å²) in [6.45, 7) is 3.25. The van der Waals surface area contributed by atoms with Crippen LogP contribution in [0.5, 0.6) is 0 Å². The van der Waals surface area contributed by atoms with Crippen LogP contribution in [-0.2, 0) is 6.54 Å². The van der Waals surface area contributed by atoms with Gasteiger partial charge in [0, 0.05) is 26.2 Å². The normalized spacial score (nSPS) is 16.7. The Morgan fingerprint density at radius 3 is 2.56 bits per heavy atom. The Kier molecular flexibility index (Phi) is 7.18. The van der Waals surface area contributed by atoms with Crippen molar-refractivity contribution in [1.82, 2.24) is 10.6 Å². The number of anilines is 1. The van der Waals surface area contributed by atoms with E-state index in [9.17, 15) is 4.39 Å². The monoisotopic (exact) mass is 346 g/mol. The predicted molar refractivity (Wildman–Crippen MR) is 95.9 cm³/mol. The van der Waals surface area contributed by atoms with E-state index in [1.54, 1.807) is 6.07 Å². The summed E-state index contributed by atoms with van der Waals surface area (Å²) in [7, 11) is 0. The molecule has 1 heterocycles. The van der Waals surface area contributed by atoms with Gasteiger partial charge in [0.2, 0.25) is 0 Å². The molecule has 1 aliphatic rings. The molecule has 2 aromatic carbocycles. The van der Waals surface area contributed by atoms with Gasteiger partial charge in [0.25, 0.3) is 0 Å². The fourth-order valence-corrected chi connectivity index (χ4v) is 2.69. The molecule has 0 saturated carbocycles. The summed E-state index contributed by atoms with van der Waals surface area (Å²) in [4.78, 5) is 10.9. The number of benzene rings is 2. The van der Waals surface area contributed by atoms with Crippen molar-refractivity contribution < 1.29 is 14.3 Å². The lowest BCUT2D eigenvalue weighted by Gasteiger charge is -2.38. The Morgan fingerprint density at radius 1 is 1.24 bits per heavy atom. The van der Waals surface area contributed by atoms with Crippen molar-refractivity contribution in [3.63, 3.8) is 0 Å². The van der Waals surface area contributed by atoms with Gasteiger partial charge < -0.3 is 21.1 Å². The molecule has 0 aliphatic carbocycles. The van der Waals surface area contributed by atoms with Crippen molar-refractivity contribution in [1.29, 1.82) is 0 Å². The third-order valence-electron chi connectivity index (χ3n) is 3.79. The van der Waals surface area contributed by atoms with Crippen LogP contribution < -0.4 is 21.3 Å². The standard InChI is InChI=1S/C17H20FN3.CH3NO2/c18-15-8-4-5-9-16(15)21-11-10-19-13-17(21)20-12-14-6-2-1-3-7-14;2-1(3)4/h1-9,17,19-20H,10-13H2;2H2,(H,3,4). The van der Waals surface area contributed by atoms with E-state index in [4.69, 9.17) is 9.90 Å². The molecule has 25 heavy (non-hydrogen) atoms. The lowest BCUT2D eigenvalue weighted by atomic mass is 10.2. The number of halogens is 1. The zero-order valence-electron chi connectivity index (χ0n) is 13.9. The highest BCUT2D eigenvalue weighted by atomic mass is 19.1. The van der Waals surface area contributed by atoms with Gasteiger partial charge in [-0.3, -0.25) is 5.32 Å². The maximum atomic E-state index is 14.0. The minimum atomic E-state index is -1.33. The highest BCUT2D eigenvalue weighted by Crippen LogP contribution is 2.21. The number of rotatable bonds is 4. The summed E-state index contributed by atoms with van der Waals surface area (Å²) in [5.41, 5.74) is 5.93. The topological polar surface area (TPSA) is 90.6 Å². The first-order valence-electron chi connectivity index (χ1n) is 8.05. The summed E-state index contributed by atoms with van der Waals surface area (Å²) in [6.07, 6.45) is -1.24. The molecule has 134 valence electrons. The number of primary amides is 1. The van der Waals surface area contributed by atoms with Crippen LogP contribution in [0.2, 0.25) is 0 Å². The molecular formula is C18H23FN4O2. The smallest absolute Gasteiger partial charge is 0.402 e. The van der Waals surface area contributed by atoms with E-state index >= 15 is 0 Å². The van der Waals surface area contributed by atoms with E-state index in [1.807, 2.05) is 30.3 Å². The first-order valence-corrected chi connectivity index (χ1v) is 8.05. The van der Waals surface area contributed by atoms with Gasteiger partial charge in [-0.25, -0.2) is 9.18 Å². The molecule has 0 radical (unpaired) electrons. The van der Waals surface area contributed by atoms with E-state index in [2.05, 4.69) is 33.4 Å². The molecule has 1 saturated heterocycles. The molecule has 1 unspecified atom stereocenters. The molecule has 6 nitrogen and oxygen atoms in total. The molecule has 3 rings (SSSR count). The lowest BCUT2D eigenvalue weighted by molar-refractivity contribution is 0.205. The number of carbonyl (C=O) groups is 1. The van der Waals surface area contributed by atoms with Crippen molar-refractivity contribution in [2.45, 2.75) is 12.7 Å². The lowest BCUT2D eigenvalue weighted by Crippen LogP contribution is -2.58. The summed E-state index contributed by atoms with van der Waals surface area (Å²) in [6, 6.07) is 17.2. The SMILES string of the molecule is Fc1ccccc1N1CCNCC1NCc1ccccc1.NC(=O)O. The average molecular weight is 346 g/mol. The van der Waals surface area contributed by atoms with Gasteiger partial charge in [0.15, 0.2) is 0 Å². The van der Waals surface area contributed by atoms with Crippen molar-refractivity contribution in [3.05, 3.63) is 66.0 Å². The van der Waals surface area contributed by atoms with E-state index in [-0.39, 0.29) is 12.0 Å². The van der Waals surface area contributed by atoms with Crippen LogP contribution in [0, 0.1) is 5.82 Å². The molecule has 0 spiro atoms. The van der Waals surface area contributed by atoms with Crippen LogP contribution in [0.25, 0.3) is 0 Å². The zero-order valence-corrected chi connectivity index (χ0v) is 13.9. The van der Waals surface area contributed by atoms with Gasteiger partial charge in [0.05, 0.1) is 11.9 Å². The molecule has 0 bridgehead atoms. The van der Waals surface area contributed by atoms with Crippen LogP contribution in [0.1, 0.15) is 5.56 Å². The molecule has 2 aromatic rings. The number of hydrogen-bond donors (Lipinski definition) is 4. The number of hydrogen-bond acceptors (Lipinski definition) is 4. The van der Waals surface area contributed by atoms with Gasteiger partial charge in [-0.05, 0) is 17.7 Å². The minimum Gasteiger partial charge on any atom is -0.465 e. The zero-order chi connectivity index (χ0) is 18.1. The molecule has 0 aromatic heterocycles. The van der Waals surface area contributed by atoms with Gasteiger partial charge in [-0.1, -0.05) is 42.5 Å². The Balaban J connectivity index is 0.000000511. The number of amides is 1. The number of carboxylic acid groups (broad SMARTS) is 1. The third-order valence-corrected chi connectivity index (χ3v) is 3.79. The second-order valence-corrected chi connectivity index (χ2v) is 5.57. The Hall–Kier alpha value is -2.64. The maximum absolute atomic E-state index is 14.0. The van der Waals surface area contributed by atoms with Crippen LogP contribution >= 0.6 is 0 Å². The first kappa shape index (κ1) is 18.7. The van der Waals surface area contributed by atoms with Gasteiger partial charge in [0.1, 0.15) is 5.82 Å². The van der Waals surface area contributed by atoms with E-state index in [0.29, 0.717) is 5.69 Å². The van der Waals surface area contributed by atoms with Crippen LogP contribution in [-0.4, -0.2) is 37.0 Å². The molecule has 5 N–H and O–H groups in total. The van der Waals surface area contributed by atoms with Crippen LogP contribution in [0.3, 0.4) is 0 Å². The average Bonchev–Trinajstić information content (AvgIpc) is 2.61. The number of nitrogens with one attached hydrogen (secondary N) is 2. The van der Waals surface area contributed by atoms with Gasteiger partial charge >= 0.3 is 6.09 Å². The Bertz CT molecular complexity index is 665. The van der Waals surface area contributed by atoms with Crippen LogP contribution in [0.15, 0.2) is 54.6 Å². The Labute approximate surface area is 146 Å². The maximum Gasteiger partial charge on any atom is 0.402 e. The number of para-hydroxylation sites is 1. The highest BCUT2D eigenvalue weighted by Gasteiger charge is 2.23. The minimum absolute atomic E-state index is 0.0934. The van der Waals surface area contributed by atoms with Crippen molar-refractivity contribution in [2.24, 2.45) is 5.73 Å². The predicted octanol–water partition coefficient (Wildman–Crippen LogP) is 1.97. The van der Waals surface area contributed by atoms with Gasteiger partial charge in [-0.2, -0.15) is 0 Å². The summed E-state index contributed by atoms with van der Waals surface area (Å²) < 4.78 is 14.0. The molecule has 1 fully saturated rings. The second-order valence-electron chi connectivity index (χ2n) is 5.57. The summed E-state index contributed by atoms with van der Waals surface area (Å²) in [5, 5.41) is 14.1.